The van der Waals surface area contributed by atoms with Crippen molar-refractivity contribution in [3.63, 3.8) is 0 Å². The molecule has 9 heteroatoms. The molecule has 2 bridgehead atoms. The zero-order valence-electron chi connectivity index (χ0n) is 15.0. The van der Waals surface area contributed by atoms with Gasteiger partial charge in [0.25, 0.3) is 5.91 Å². The van der Waals surface area contributed by atoms with Gasteiger partial charge in [-0.1, -0.05) is 11.6 Å². The van der Waals surface area contributed by atoms with Gasteiger partial charge in [-0.05, 0) is 49.9 Å². The summed E-state index contributed by atoms with van der Waals surface area (Å²) in [5, 5.41) is 9.97. The van der Waals surface area contributed by atoms with Crippen LogP contribution < -0.4 is 15.6 Å². The largest absolute Gasteiger partial charge is 0.484 e. The number of hydrogen-bond donors (Lipinski definition) is 3. The number of rotatable bonds is 5. The Balaban J connectivity index is 1.50. The maximum absolute atomic E-state index is 12.3. The lowest BCUT2D eigenvalue weighted by Crippen LogP contribution is -2.51. The lowest BCUT2D eigenvalue weighted by molar-refractivity contribution is -0.148. The summed E-state index contributed by atoms with van der Waals surface area (Å²) in [5.74, 6) is -3.42. The van der Waals surface area contributed by atoms with E-state index in [9.17, 15) is 19.5 Å². The number of hydrazine groups is 1. The Morgan fingerprint density at radius 1 is 1.15 bits per heavy atom. The number of carbonyl (C=O) groups is 3. The van der Waals surface area contributed by atoms with E-state index in [0.717, 1.165) is 11.1 Å². The molecule has 3 N–H and O–H groups in total. The molecule has 0 spiro atoms. The highest BCUT2D eigenvalue weighted by molar-refractivity contribution is 6.32. The fourth-order valence-corrected chi connectivity index (χ4v) is 3.82. The second-order valence-electron chi connectivity index (χ2n) is 6.88. The van der Waals surface area contributed by atoms with E-state index in [1.54, 1.807) is 12.1 Å². The van der Waals surface area contributed by atoms with Crippen molar-refractivity contribution >= 4 is 29.4 Å². The number of halogens is 1. The summed E-state index contributed by atoms with van der Waals surface area (Å²) in [4.78, 5) is 35.7. The molecule has 2 heterocycles. The summed E-state index contributed by atoms with van der Waals surface area (Å²) in [6.45, 7) is 3.36. The molecule has 2 aliphatic heterocycles. The number of fused-ring (bicyclic) bond motifs is 2. The van der Waals surface area contributed by atoms with Crippen LogP contribution in [0.15, 0.2) is 12.1 Å². The van der Waals surface area contributed by atoms with Crippen LogP contribution in [0.25, 0.3) is 0 Å². The Labute approximate surface area is 161 Å². The molecule has 2 saturated heterocycles. The molecule has 0 saturated carbocycles. The lowest BCUT2D eigenvalue weighted by atomic mass is 9.79. The number of carbonyl (C=O) groups excluding carboxylic acids is 2. The minimum atomic E-state index is -1.06. The van der Waals surface area contributed by atoms with E-state index >= 15 is 0 Å². The molecule has 0 aliphatic carbocycles. The third-order valence-corrected chi connectivity index (χ3v) is 5.56. The first kappa shape index (κ1) is 19.4. The van der Waals surface area contributed by atoms with Gasteiger partial charge in [-0.15, -0.1) is 0 Å². The molecule has 2 fully saturated rings. The molecule has 8 nitrogen and oxygen atoms in total. The van der Waals surface area contributed by atoms with Crippen LogP contribution in [0, 0.1) is 25.7 Å². The van der Waals surface area contributed by atoms with E-state index in [4.69, 9.17) is 21.1 Å². The Kier molecular flexibility index (Phi) is 5.57. The molecule has 0 aromatic heterocycles. The first-order valence-electron chi connectivity index (χ1n) is 8.64. The van der Waals surface area contributed by atoms with Gasteiger partial charge in [0.1, 0.15) is 5.75 Å². The molecular weight excluding hydrogens is 376 g/mol. The Morgan fingerprint density at radius 2 is 1.74 bits per heavy atom. The first-order valence-corrected chi connectivity index (χ1v) is 9.02. The van der Waals surface area contributed by atoms with E-state index in [2.05, 4.69) is 10.9 Å². The number of nitrogens with one attached hydrogen (secondary N) is 2. The minimum absolute atomic E-state index is 0.309. The normalized spacial score (nSPS) is 25.9. The summed E-state index contributed by atoms with van der Waals surface area (Å²) in [6, 6.07) is 3.43. The summed E-state index contributed by atoms with van der Waals surface area (Å²) < 4.78 is 10.9. The molecule has 2 aliphatic rings. The van der Waals surface area contributed by atoms with Gasteiger partial charge in [0.05, 0.1) is 24.0 Å². The predicted octanol–water partition coefficient (Wildman–Crippen LogP) is 1.36. The molecule has 2 amide bonds. The SMILES string of the molecule is Cc1cc(OCC(=O)NNC(=O)C2C3CCC(O3)C2C(=O)O)cc(C)c1Cl. The molecule has 1 aromatic carbocycles. The van der Waals surface area contributed by atoms with Gasteiger partial charge < -0.3 is 14.6 Å². The third kappa shape index (κ3) is 4.01. The minimum Gasteiger partial charge on any atom is -0.484 e. The topological polar surface area (TPSA) is 114 Å². The Hall–Kier alpha value is -2.32. The van der Waals surface area contributed by atoms with Crippen LogP contribution >= 0.6 is 11.6 Å². The third-order valence-electron chi connectivity index (χ3n) is 4.97. The van der Waals surface area contributed by atoms with Crippen LogP contribution in [0.2, 0.25) is 5.02 Å². The molecule has 4 atom stereocenters. The average Bonchev–Trinajstić information content (AvgIpc) is 3.23. The molecule has 1 aromatic rings. The zero-order chi connectivity index (χ0) is 19.7. The Bertz CT molecular complexity index is 760. The van der Waals surface area contributed by atoms with Gasteiger partial charge in [0.2, 0.25) is 5.91 Å². The standard InChI is InChI=1S/C18H21ClN2O6/c1-8-5-10(6-9(2)16(8)19)26-7-13(22)20-21-17(23)14-11-3-4-12(27-11)15(14)18(24)25/h5-6,11-12,14-15H,3-4,7H2,1-2H3,(H,20,22)(H,21,23)(H,24,25). The fraction of sp³-hybridized carbons (Fsp3) is 0.500. The van der Waals surface area contributed by atoms with E-state index in [1.807, 2.05) is 13.8 Å². The summed E-state index contributed by atoms with van der Waals surface area (Å²) in [5.41, 5.74) is 6.19. The number of ether oxygens (including phenoxy) is 2. The lowest BCUT2D eigenvalue weighted by Gasteiger charge is -2.23. The van der Waals surface area contributed by atoms with Crippen molar-refractivity contribution in [1.82, 2.24) is 10.9 Å². The number of aliphatic carboxylic acids is 1. The summed E-state index contributed by atoms with van der Waals surface area (Å²) >= 11 is 6.09. The molecule has 146 valence electrons. The van der Waals surface area contributed by atoms with Crippen molar-refractivity contribution < 1.29 is 29.0 Å². The molecule has 4 unspecified atom stereocenters. The van der Waals surface area contributed by atoms with Crippen LogP contribution in [-0.4, -0.2) is 41.7 Å². The highest BCUT2D eigenvalue weighted by Crippen LogP contribution is 2.43. The van der Waals surface area contributed by atoms with E-state index < -0.39 is 41.8 Å². The summed E-state index contributed by atoms with van der Waals surface area (Å²) in [6.07, 6.45) is 0.396. The molecular formula is C18H21ClN2O6. The molecule has 0 radical (unpaired) electrons. The molecule has 3 rings (SSSR count). The van der Waals surface area contributed by atoms with Crippen molar-refractivity contribution in [2.75, 3.05) is 6.61 Å². The van der Waals surface area contributed by atoms with Gasteiger partial charge in [-0.3, -0.25) is 25.2 Å². The second kappa shape index (κ2) is 7.74. The fourth-order valence-electron chi connectivity index (χ4n) is 3.71. The van der Waals surface area contributed by atoms with Crippen LogP contribution in [-0.2, 0) is 19.1 Å². The number of aryl methyl sites for hydroxylation is 2. The predicted molar refractivity (Wildman–Crippen MR) is 95.2 cm³/mol. The average molecular weight is 397 g/mol. The summed E-state index contributed by atoms with van der Waals surface area (Å²) in [7, 11) is 0. The second-order valence-corrected chi connectivity index (χ2v) is 7.26. The highest BCUT2D eigenvalue weighted by Gasteiger charge is 2.55. The van der Waals surface area contributed by atoms with Gasteiger partial charge in [-0.2, -0.15) is 0 Å². The first-order chi connectivity index (χ1) is 12.8. The highest BCUT2D eigenvalue weighted by atomic mass is 35.5. The van der Waals surface area contributed by atoms with Gasteiger partial charge in [0, 0.05) is 5.02 Å². The van der Waals surface area contributed by atoms with Crippen molar-refractivity contribution in [1.29, 1.82) is 0 Å². The van der Waals surface area contributed by atoms with Crippen LogP contribution in [0.4, 0.5) is 0 Å². The van der Waals surface area contributed by atoms with Crippen molar-refractivity contribution in [3.8, 4) is 5.75 Å². The van der Waals surface area contributed by atoms with Gasteiger partial charge >= 0.3 is 5.97 Å². The van der Waals surface area contributed by atoms with Crippen molar-refractivity contribution in [2.45, 2.75) is 38.9 Å². The quantitative estimate of drug-likeness (QED) is 0.647. The van der Waals surface area contributed by atoms with Crippen LogP contribution in [0.1, 0.15) is 24.0 Å². The Morgan fingerprint density at radius 3 is 2.33 bits per heavy atom. The number of carboxylic acid groups (broad SMARTS) is 1. The van der Waals surface area contributed by atoms with Crippen molar-refractivity contribution in [2.24, 2.45) is 11.8 Å². The molecule has 27 heavy (non-hydrogen) atoms. The monoisotopic (exact) mass is 396 g/mol. The number of amides is 2. The van der Waals surface area contributed by atoms with Gasteiger partial charge in [0.15, 0.2) is 6.61 Å². The van der Waals surface area contributed by atoms with Crippen LogP contribution in [0.3, 0.4) is 0 Å². The zero-order valence-corrected chi connectivity index (χ0v) is 15.7. The maximum atomic E-state index is 12.3. The van der Waals surface area contributed by atoms with Gasteiger partial charge in [-0.25, -0.2) is 0 Å². The van der Waals surface area contributed by atoms with Crippen molar-refractivity contribution in [3.05, 3.63) is 28.3 Å². The van der Waals surface area contributed by atoms with E-state index in [-0.39, 0.29) is 6.61 Å². The van der Waals surface area contributed by atoms with E-state index in [0.29, 0.717) is 23.6 Å². The van der Waals surface area contributed by atoms with E-state index in [1.165, 1.54) is 0 Å². The number of carboxylic acids is 1. The smallest absolute Gasteiger partial charge is 0.310 e. The number of hydrogen-bond acceptors (Lipinski definition) is 5. The van der Waals surface area contributed by atoms with Crippen LogP contribution in [0.5, 0.6) is 5.75 Å². The number of benzene rings is 1. The maximum Gasteiger partial charge on any atom is 0.310 e.